The molecule has 1 amide bonds. The lowest BCUT2D eigenvalue weighted by Gasteiger charge is -2.16. The number of nitrogens with zero attached hydrogens (tertiary/aromatic N) is 4. The van der Waals surface area contributed by atoms with E-state index in [4.69, 9.17) is 0 Å². The lowest BCUT2D eigenvalue weighted by atomic mass is 10.0. The van der Waals surface area contributed by atoms with Crippen LogP contribution in [0, 0.1) is 0 Å². The van der Waals surface area contributed by atoms with Gasteiger partial charge in [0.05, 0.1) is 11.8 Å². The van der Waals surface area contributed by atoms with Crippen LogP contribution in [0.4, 0.5) is 0 Å². The van der Waals surface area contributed by atoms with Crippen molar-refractivity contribution < 1.29 is 9.59 Å². The molecule has 0 bridgehead atoms. The molecule has 2 aromatic heterocycles. The van der Waals surface area contributed by atoms with Gasteiger partial charge in [-0.15, -0.1) is 10.2 Å². The van der Waals surface area contributed by atoms with Crippen molar-refractivity contribution in [2.45, 2.75) is 24.5 Å². The fourth-order valence-electron chi connectivity index (χ4n) is 2.71. The molecule has 3 rings (SSSR count). The highest BCUT2D eigenvalue weighted by Gasteiger charge is 2.19. The SMILES string of the molecule is CC(=O)[C@H](Cc1ccccc1)NC(=O)CSc1nnc(-c2ccncc2)n1C. The third kappa shape index (κ3) is 5.04. The predicted molar refractivity (Wildman–Crippen MR) is 108 cm³/mol. The number of carbonyl (C=O) groups is 2. The Morgan fingerprint density at radius 2 is 1.82 bits per heavy atom. The first-order valence-electron chi connectivity index (χ1n) is 8.81. The van der Waals surface area contributed by atoms with Crippen molar-refractivity contribution in [2.75, 3.05) is 5.75 Å². The Morgan fingerprint density at radius 3 is 2.50 bits per heavy atom. The van der Waals surface area contributed by atoms with E-state index >= 15 is 0 Å². The molecule has 3 aromatic rings. The van der Waals surface area contributed by atoms with E-state index in [1.807, 2.05) is 54.1 Å². The molecule has 1 N–H and O–H groups in total. The highest BCUT2D eigenvalue weighted by molar-refractivity contribution is 7.99. The van der Waals surface area contributed by atoms with Crippen molar-refractivity contribution in [3.8, 4) is 11.4 Å². The fourth-order valence-corrected chi connectivity index (χ4v) is 3.43. The first kappa shape index (κ1) is 19.8. The molecule has 0 saturated heterocycles. The molecular weight excluding hydrogens is 374 g/mol. The van der Waals surface area contributed by atoms with Crippen molar-refractivity contribution >= 4 is 23.5 Å². The van der Waals surface area contributed by atoms with Crippen molar-refractivity contribution in [2.24, 2.45) is 7.05 Å². The van der Waals surface area contributed by atoms with Gasteiger partial charge >= 0.3 is 0 Å². The van der Waals surface area contributed by atoms with Crippen LogP contribution in [-0.2, 0) is 23.1 Å². The average molecular weight is 395 g/mol. The van der Waals surface area contributed by atoms with Crippen molar-refractivity contribution in [1.29, 1.82) is 0 Å². The van der Waals surface area contributed by atoms with E-state index in [9.17, 15) is 9.59 Å². The van der Waals surface area contributed by atoms with E-state index in [0.717, 1.165) is 11.1 Å². The number of carbonyl (C=O) groups excluding carboxylic acids is 2. The highest BCUT2D eigenvalue weighted by atomic mass is 32.2. The third-order valence-electron chi connectivity index (χ3n) is 4.21. The Kier molecular flexibility index (Phi) is 6.54. The molecule has 0 unspecified atom stereocenters. The molecule has 0 aliphatic carbocycles. The van der Waals surface area contributed by atoms with E-state index in [1.54, 1.807) is 12.4 Å². The van der Waals surface area contributed by atoms with Gasteiger partial charge in [-0.3, -0.25) is 14.6 Å². The molecular formula is C20H21N5O2S. The maximum Gasteiger partial charge on any atom is 0.231 e. The van der Waals surface area contributed by atoms with Crippen LogP contribution in [0.25, 0.3) is 11.4 Å². The van der Waals surface area contributed by atoms with Gasteiger partial charge in [-0.2, -0.15) is 0 Å². The molecule has 28 heavy (non-hydrogen) atoms. The summed E-state index contributed by atoms with van der Waals surface area (Å²) in [6.07, 6.45) is 3.86. The van der Waals surface area contributed by atoms with E-state index in [1.165, 1.54) is 18.7 Å². The summed E-state index contributed by atoms with van der Waals surface area (Å²) < 4.78 is 1.83. The summed E-state index contributed by atoms with van der Waals surface area (Å²) in [5.74, 6) is 0.576. The molecule has 1 aromatic carbocycles. The van der Waals surface area contributed by atoms with Crippen LogP contribution in [0.5, 0.6) is 0 Å². The van der Waals surface area contributed by atoms with Gasteiger partial charge < -0.3 is 9.88 Å². The lowest BCUT2D eigenvalue weighted by Crippen LogP contribution is -2.42. The zero-order valence-corrected chi connectivity index (χ0v) is 16.5. The van der Waals surface area contributed by atoms with Gasteiger partial charge in [-0.05, 0) is 31.0 Å². The minimum Gasteiger partial charge on any atom is -0.345 e. The van der Waals surface area contributed by atoms with E-state index < -0.39 is 6.04 Å². The van der Waals surface area contributed by atoms with Gasteiger partial charge in [0, 0.05) is 25.0 Å². The summed E-state index contributed by atoms with van der Waals surface area (Å²) in [6, 6.07) is 12.8. The zero-order chi connectivity index (χ0) is 19.9. The van der Waals surface area contributed by atoms with Crippen LogP contribution in [0.3, 0.4) is 0 Å². The van der Waals surface area contributed by atoms with Gasteiger partial charge in [0.2, 0.25) is 5.91 Å². The van der Waals surface area contributed by atoms with Crippen molar-refractivity contribution in [3.63, 3.8) is 0 Å². The molecule has 8 heteroatoms. The maximum absolute atomic E-state index is 12.4. The Bertz CT molecular complexity index is 944. The fraction of sp³-hybridized carbons (Fsp3) is 0.250. The van der Waals surface area contributed by atoms with Crippen LogP contribution in [-0.4, -0.2) is 43.2 Å². The number of aromatic nitrogens is 4. The monoisotopic (exact) mass is 395 g/mol. The Hall–Kier alpha value is -3.00. The maximum atomic E-state index is 12.4. The van der Waals surface area contributed by atoms with Crippen LogP contribution in [0.15, 0.2) is 60.0 Å². The standard InChI is InChI=1S/C20H21N5O2S/c1-14(26)17(12-15-6-4-3-5-7-15)22-18(27)13-28-20-24-23-19(25(20)2)16-8-10-21-11-9-16/h3-11,17H,12-13H2,1-2H3,(H,22,27)/t17-/m0/s1. The van der Waals surface area contributed by atoms with Gasteiger partial charge in [0.1, 0.15) is 0 Å². The molecule has 0 radical (unpaired) electrons. The summed E-state index contributed by atoms with van der Waals surface area (Å²) in [5.41, 5.74) is 1.91. The van der Waals surface area contributed by atoms with Crippen molar-refractivity contribution in [1.82, 2.24) is 25.1 Å². The van der Waals surface area contributed by atoms with Gasteiger partial charge in [0.15, 0.2) is 16.8 Å². The second-order valence-corrected chi connectivity index (χ2v) is 7.25. The second kappa shape index (κ2) is 9.27. The average Bonchev–Trinajstić information content (AvgIpc) is 3.07. The third-order valence-corrected chi connectivity index (χ3v) is 5.23. The largest absolute Gasteiger partial charge is 0.345 e. The van der Waals surface area contributed by atoms with E-state index in [2.05, 4.69) is 20.5 Å². The number of rotatable bonds is 8. The number of ketones is 1. The molecule has 0 fully saturated rings. The summed E-state index contributed by atoms with van der Waals surface area (Å²) in [7, 11) is 1.85. The van der Waals surface area contributed by atoms with Crippen LogP contribution in [0.1, 0.15) is 12.5 Å². The Labute approximate surface area is 167 Å². The molecule has 0 saturated carbocycles. The zero-order valence-electron chi connectivity index (χ0n) is 15.7. The molecule has 0 aliphatic rings. The summed E-state index contributed by atoms with van der Waals surface area (Å²) in [6.45, 7) is 1.49. The Morgan fingerprint density at radius 1 is 1.11 bits per heavy atom. The van der Waals surface area contributed by atoms with Crippen LogP contribution < -0.4 is 5.32 Å². The van der Waals surface area contributed by atoms with E-state index in [-0.39, 0.29) is 17.4 Å². The summed E-state index contributed by atoms with van der Waals surface area (Å²) >= 11 is 1.28. The van der Waals surface area contributed by atoms with Crippen molar-refractivity contribution in [3.05, 3.63) is 60.4 Å². The first-order valence-corrected chi connectivity index (χ1v) is 9.79. The highest BCUT2D eigenvalue weighted by Crippen LogP contribution is 2.21. The molecule has 0 spiro atoms. The molecule has 1 atom stereocenters. The molecule has 144 valence electrons. The quantitative estimate of drug-likeness (QED) is 0.589. The Balaban J connectivity index is 1.59. The number of pyridine rings is 1. The minimum absolute atomic E-state index is 0.0687. The number of hydrogen-bond acceptors (Lipinski definition) is 6. The van der Waals surface area contributed by atoms with Gasteiger partial charge in [-0.1, -0.05) is 42.1 Å². The predicted octanol–water partition coefficient (Wildman–Crippen LogP) is 2.29. The number of Topliss-reactive ketones (excluding diaryl/α,β-unsaturated/α-hetero) is 1. The first-order chi connectivity index (χ1) is 13.5. The normalized spacial score (nSPS) is 11.8. The number of thioether (sulfide) groups is 1. The number of benzene rings is 1. The number of amides is 1. The topological polar surface area (TPSA) is 89.8 Å². The van der Waals surface area contributed by atoms with E-state index in [0.29, 0.717) is 17.4 Å². The smallest absolute Gasteiger partial charge is 0.231 e. The number of hydrogen-bond donors (Lipinski definition) is 1. The second-order valence-electron chi connectivity index (χ2n) is 6.31. The van der Waals surface area contributed by atoms with Crippen LogP contribution in [0.2, 0.25) is 0 Å². The number of nitrogens with one attached hydrogen (secondary N) is 1. The molecule has 7 nitrogen and oxygen atoms in total. The lowest BCUT2D eigenvalue weighted by molar-refractivity contribution is -0.125. The molecule has 2 heterocycles. The van der Waals surface area contributed by atoms with Crippen LogP contribution >= 0.6 is 11.8 Å². The van der Waals surface area contributed by atoms with Gasteiger partial charge in [-0.25, -0.2) is 0 Å². The minimum atomic E-state index is -0.539. The summed E-state index contributed by atoms with van der Waals surface area (Å²) in [4.78, 5) is 28.3. The summed E-state index contributed by atoms with van der Waals surface area (Å²) in [5, 5.41) is 11.8. The van der Waals surface area contributed by atoms with Gasteiger partial charge in [0.25, 0.3) is 0 Å². The molecule has 0 aliphatic heterocycles.